The van der Waals surface area contributed by atoms with Crippen molar-refractivity contribution in [1.29, 1.82) is 0 Å². The minimum absolute atomic E-state index is 0.0697. The summed E-state index contributed by atoms with van der Waals surface area (Å²) in [5.41, 5.74) is 0.886. The molecule has 0 aliphatic rings. The summed E-state index contributed by atoms with van der Waals surface area (Å²) in [5, 5.41) is 15.9. The average molecular weight is 303 g/mol. The Morgan fingerprint density at radius 2 is 2.05 bits per heavy atom. The average Bonchev–Trinajstić information content (AvgIpc) is 2.74. The first-order valence-electron chi connectivity index (χ1n) is 6.75. The third-order valence-electron chi connectivity index (χ3n) is 3.09. The number of carbonyl (C=O) groups is 2. The Kier molecular flexibility index (Phi) is 4.45. The fourth-order valence-electron chi connectivity index (χ4n) is 2.17. The SMILES string of the molecule is CCOc1ccccc1C(=O)Nc1c(C)nn(C)c1C(=O)O. The molecule has 0 radical (unpaired) electrons. The zero-order valence-corrected chi connectivity index (χ0v) is 12.6. The Hall–Kier alpha value is -2.83. The lowest BCUT2D eigenvalue weighted by atomic mass is 10.1. The standard InChI is InChI=1S/C15H17N3O4/c1-4-22-11-8-6-5-7-10(11)14(19)16-12-9(2)17-18(3)13(12)15(20)21/h5-8H,4H2,1-3H3,(H,16,19)(H,20,21). The fraction of sp³-hybridized carbons (Fsp3) is 0.267. The van der Waals surface area contributed by atoms with E-state index in [1.165, 1.54) is 11.7 Å². The number of para-hydroxylation sites is 1. The number of anilines is 1. The van der Waals surface area contributed by atoms with E-state index in [0.29, 0.717) is 23.6 Å². The molecular weight excluding hydrogens is 286 g/mol. The second-order valence-corrected chi connectivity index (χ2v) is 4.62. The number of hydrogen-bond donors (Lipinski definition) is 2. The van der Waals surface area contributed by atoms with Gasteiger partial charge in [0.05, 0.1) is 23.6 Å². The van der Waals surface area contributed by atoms with Gasteiger partial charge in [-0.25, -0.2) is 4.79 Å². The highest BCUT2D eigenvalue weighted by molar-refractivity contribution is 6.09. The van der Waals surface area contributed by atoms with Gasteiger partial charge in [-0.1, -0.05) is 12.1 Å². The summed E-state index contributed by atoms with van der Waals surface area (Å²) in [5.74, 6) is -1.15. The quantitative estimate of drug-likeness (QED) is 0.882. The maximum absolute atomic E-state index is 12.4. The molecule has 0 atom stereocenters. The van der Waals surface area contributed by atoms with Crippen molar-refractivity contribution >= 4 is 17.6 Å². The van der Waals surface area contributed by atoms with Crippen molar-refractivity contribution in [3.8, 4) is 5.75 Å². The normalized spacial score (nSPS) is 10.3. The smallest absolute Gasteiger partial charge is 0.356 e. The third kappa shape index (κ3) is 2.93. The molecule has 0 spiro atoms. The van der Waals surface area contributed by atoms with Crippen LogP contribution in [0.1, 0.15) is 33.5 Å². The van der Waals surface area contributed by atoms with E-state index in [9.17, 15) is 14.7 Å². The van der Waals surface area contributed by atoms with Gasteiger partial charge in [-0.15, -0.1) is 0 Å². The number of aromatic carboxylic acids is 1. The van der Waals surface area contributed by atoms with Crippen molar-refractivity contribution in [3.05, 3.63) is 41.2 Å². The lowest BCUT2D eigenvalue weighted by Gasteiger charge is -2.10. The molecule has 22 heavy (non-hydrogen) atoms. The molecule has 0 unspecified atom stereocenters. The van der Waals surface area contributed by atoms with E-state index in [1.807, 2.05) is 6.92 Å². The number of ether oxygens (including phenoxy) is 1. The highest BCUT2D eigenvalue weighted by Gasteiger charge is 2.22. The molecule has 0 saturated heterocycles. The predicted octanol–water partition coefficient (Wildman–Crippen LogP) is 2.08. The molecule has 1 aromatic heterocycles. The van der Waals surface area contributed by atoms with Gasteiger partial charge < -0.3 is 15.2 Å². The lowest BCUT2D eigenvalue weighted by molar-refractivity contribution is 0.0686. The van der Waals surface area contributed by atoms with Gasteiger partial charge in [-0.05, 0) is 26.0 Å². The number of aryl methyl sites for hydroxylation is 2. The van der Waals surface area contributed by atoms with Crippen LogP contribution in [0.15, 0.2) is 24.3 Å². The molecular formula is C15H17N3O4. The highest BCUT2D eigenvalue weighted by atomic mass is 16.5. The topological polar surface area (TPSA) is 93.5 Å². The van der Waals surface area contributed by atoms with E-state index in [1.54, 1.807) is 31.2 Å². The van der Waals surface area contributed by atoms with Gasteiger partial charge in [-0.3, -0.25) is 9.48 Å². The minimum Gasteiger partial charge on any atom is -0.493 e. The zero-order valence-electron chi connectivity index (χ0n) is 12.6. The number of carbonyl (C=O) groups excluding carboxylic acids is 1. The molecule has 0 bridgehead atoms. The number of nitrogens with one attached hydrogen (secondary N) is 1. The first-order valence-corrected chi connectivity index (χ1v) is 6.75. The Morgan fingerprint density at radius 1 is 1.36 bits per heavy atom. The molecule has 1 heterocycles. The molecule has 0 aliphatic heterocycles. The summed E-state index contributed by atoms with van der Waals surface area (Å²) < 4.78 is 6.63. The van der Waals surface area contributed by atoms with E-state index in [2.05, 4.69) is 10.4 Å². The first kappa shape index (κ1) is 15.6. The van der Waals surface area contributed by atoms with Gasteiger partial charge in [0.2, 0.25) is 0 Å². The molecule has 7 nitrogen and oxygen atoms in total. The molecule has 0 aliphatic carbocycles. The minimum atomic E-state index is -1.16. The zero-order chi connectivity index (χ0) is 16.3. The summed E-state index contributed by atoms with van der Waals surface area (Å²) >= 11 is 0. The van der Waals surface area contributed by atoms with Crippen molar-refractivity contribution in [3.63, 3.8) is 0 Å². The highest BCUT2D eigenvalue weighted by Crippen LogP contribution is 2.23. The van der Waals surface area contributed by atoms with Crippen molar-refractivity contribution in [2.45, 2.75) is 13.8 Å². The maximum atomic E-state index is 12.4. The summed E-state index contributed by atoms with van der Waals surface area (Å²) in [6.07, 6.45) is 0. The van der Waals surface area contributed by atoms with Gasteiger partial charge >= 0.3 is 5.97 Å². The Labute approximate surface area is 127 Å². The first-order chi connectivity index (χ1) is 10.5. The van der Waals surface area contributed by atoms with E-state index < -0.39 is 11.9 Å². The van der Waals surface area contributed by atoms with Crippen molar-refractivity contribution in [2.75, 3.05) is 11.9 Å². The fourth-order valence-corrected chi connectivity index (χ4v) is 2.17. The molecule has 0 saturated carbocycles. The summed E-state index contributed by atoms with van der Waals surface area (Å²) in [7, 11) is 1.51. The second-order valence-electron chi connectivity index (χ2n) is 4.62. The van der Waals surface area contributed by atoms with E-state index in [4.69, 9.17) is 4.74 Å². The number of benzene rings is 1. The number of rotatable bonds is 5. The molecule has 2 rings (SSSR count). The number of amides is 1. The van der Waals surface area contributed by atoms with Crippen molar-refractivity contribution < 1.29 is 19.4 Å². The van der Waals surface area contributed by atoms with Gasteiger partial charge in [0.15, 0.2) is 5.69 Å². The van der Waals surface area contributed by atoms with E-state index in [-0.39, 0.29) is 11.4 Å². The van der Waals surface area contributed by atoms with Gasteiger partial charge in [0.1, 0.15) is 5.75 Å². The van der Waals surface area contributed by atoms with Crippen molar-refractivity contribution in [2.24, 2.45) is 7.05 Å². The largest absolute Gasteiger partial charge is 0.493 e. The summed E-state index contributed by atoms with van der Waals surface area (Å²) in [6, 6.07) is 6.78. The number of hydrogen-bond acceptors (Lipinski definition) is 4. The van der Waals surface area contributed by atoms with Gasteiger partial charge in [0.25, 0.3) is 5.91 Å². The molecule has 7 heteroatoms. The molecule has 116 valence electrons. The lowest BCUT2D eigenvalue weighted by Crippen LogP contribution is -2.17. The third-order valence-corrected chi connectivity index (χ3v) is 3.09. The van der Waals surface area contributed by atoms with Gasteiger partial charge in [0, 0.05) is 7.05 Å². The number of carboxylic acids is 1. The molecule has 1 aromatic carbocycles. The molecule has 2 N–H and O–H groups in total. The Balaban J connectivity index is 2.36. The Morgan fingerprint density at radius 3 is 2.68 bits per heavy atom. The Bertz CT molecular complexity index is 722. The number of carboxylic acid groups (broad SMARTS) is 1. The van der Waals surface area contributed by atoms with Crippen LogP contribution in [0.3, 0.4) is 0 Å². The van der Waals surface area contributed by atoms with Crippen LogP contribution >= 0.6 is 0 Å². The number of nitrogens with zero attached hydrogens (tertiary/aromatic N) is 2. The van der Waals surface area contributed by atoms with Crippen LogP contribution in [-0.2, 0) is 7.05 Å². The second kappa shape index (κ2) is 6.30. The van der Waals surface area contributed by atoms with Crippen LogP contribution in [-0.4, -0.2) is 33.4 Å². The molecule has 2 aromatic rings. The van der Waals surface area contributed by atoms with Gasteiger partial charge in [-0.2, -0.15) is 5.10 Å². The van der Waals surface area contributed by atoms with Crippen LogP contribution in [0.25, 0.3) is 0 Å². The van der Waals surface area contributed by atoms with Crippen LogP contribution in [0.5, 0.6) is 5.75 Å². The summed E-state index contributed by atoms with van der Waals surface area (Å²) in [6.45, 7) is 3.88. The van der Waals surface area contributed by atoms with Crippen LogP contribution < -0.4 is 10.1 Å². The van der Waals surface area contributed by atoms with Crippen LogP contribution in [0.2, 0.25) is 0 Å². The van der Waals surface area contributed by atoms with Crippen LogP contribution in [0.4, 0.5) is 5.69 Å². The molecule has 1 amide bonds. The number of aromatic nitrogens is 2. The van der Waals surface area contributed by atoms with Crippen LogP contribution in [0, 0.1) is 6.92 Å². The predicted molar refractivity (Wildman–Crippen MR) is 80.5 cm³/mol. The van der Waals surface area contributed by atoms with E-state index in [0.717, 1.165) is 0 Å². The summed E-state index contributed by atoms with van der Waals surface area (Å²) in [4.78, 5) is 23.7. The monoisotopic (exact) mass is 303 g/mol. The maximum Gasteiger partial charge on any atom is 0.356 e. The van der Waals surface area contributed by atoms with E-state index >= 15 is 0 Å². The van der Waals surface area contributed by atoms with Crippen molar-refractivity contribution in [1.82, 2.24) is 9.78 Å². The molecule has 0 fully saturated rings.